The lowest BCUT2D eigenvalue weighted by Gasteiger charge is -2.32. The Hall–Kier alpha value is -0.860. The Labute approximate surface area is 91.3 Å². The summed E-state index contributed by atoms with van der Waals surface area (Å²) in [6.45, 7) is 4.24. The van der Waals surface area contributed by atoms with E-state index in [1.54, 1.807) is 0 Å². The van der Waals surface area contributed by atoms with Gasteiger partial charge in [0, 0.05) is 12.1 Å². The molecular weight excluding hydrogens is 186 g/mol. The second-order valence-corrected chi connectivity index (χ2v) is 4.61. The second-order valence-electron chi connectivity index (χ2n) is 4.61. The molecule has 15 heavy (non-hydrogen) atoms. The first kappa shape index (κ1) is 10.7. The molecule has 1 aromatic rings. The summed E-state index contributed by atoms with van der Waals surface area (Å²) in [5, 5.41) is 13.6. The van der Waals surface area contributed by atoms with Crippen molar-refractivity contribution >= 4 is 0 Å². The molecule has 2 N–H and O–H groups in total. The number of aliphatic hydroxyl groups excluding tert-OH is 1. The fraction of sp³-hybridized carbons (Fsp3) is 0.538. The van der Waals surface area contributed by atoms with Crippen LogP contribution in [-0.2, 0) is 6.42 Å². The van der Waals surface area contributed by atoms with Gasteiger partial charge in [-0.05, 0) is 24.0 Å². The molecule has 0 saturated heterocycles. The minimum Gasteiger partial charge on any atom is -0.387 e. The monoisotopic (exact) mass is 205 g/mol. The lowest BCUT2D eigenvalue weighted by atomic mass is 9.85. The van der Waals surface area contributed by atoms with Crippen molar-refractivity contribution in [3.8, 4) is 0 Å². The van der Waals surface area contributed by atoms with Crippen molar-refractivity contribution in [1.82, 2.24) is 5.32 Å². The van der Waals surface area contributed by atoms with Crippen molar-refractivity contribution in [3.05, 3.63) is 35.4 Å². The maximum absolute atomic E-state index is 10.2. The summed E-state index contributed by atoms with van der Waals surface area (Å²) < 4.78 is 0. The average Bonchev–Trinajstić information content (AvgIpc) is 2.22. The van der Waals surface area contributed by atoms with E-state index in [1.807, 2.05) is 18.2 Å². The lowest BCUT2D eigenvalue weighted by molar-refractivity contribution is 0.110. The molecule has 1 aromatic carbocycles. The maximum Gasteiger partial charge on any atom is 0.0945 e. The molecule has 0 spiro atoms. The van der Waals surface area contributed by atoms with Crippen LogP contribution in [0.1, 0.15) is 37.5 Å². The van der Waals surface area contributed by atoms with E-state index in [-0.39, 0.29) is 12.1 Å². The molecule has 0 heterocycles. The molecule has 1 aliphatic rings. The fourth-order valence-electron chi connectivity index (χ4n) is 2.34. The number of rotatable bonds is 2. The third-order valence-electron chi connectivity index (χ3n) is 3.03. The molecule has 0 bridgehead atoms. The molecule has 0 radical (unpaired) electrons. The van der Waals surface area contributed by atoms with E-state index in [2.05, 4.69) is 25.2 Å². The normalized spacial score (nSPS) is 25.3. The number of hydrogen-bond donors (Lipinski definition) is 2. The van der Waals surface area contributed by atoms with Crippen LogP contribution in [0, 0.1) is 0 Å². The minimum absolute atomic E-state index is 0.208. The first-order chi connectivity index (χ1) is 7.18. The van der Waals surface area contributed by atoms with Gasteiger partial charge in [0.1, 0.15) is 0 Å². The largest absolute Gasteiger partial charge is 0.387 e. The van der Waals surface area contributed by atoms with Crippen molar-refractivity contribution < 1.29 is 5.11 Å². The van der Waals surface area contributed by atoms with Crippen LogP contribution in [0.15, 0.2) is 24.3 Å². The van der Waals surface area contributed by atoms with Gasteiger partial charge < -0.3 is 10.4 Å². The van der Waals surface area contributed by atoms with Gasteiger partial charge in [-0.1, -0.05) is 38.1 Å². The van der Waals surface area contributed by atoms with Crippen molar-refractivity contribution in [2.24, 2.45) is 0 Å². The van der Waals surface area contributed by atoms with Gasteiger partial charge in [0.05, 0.1) is 6.10 Å². The van der Waals surface area contributed by atoms with Crippen LogP contribution < -0.4 is 5.32 Å². The van der Waals surface area contributed by atoms with E-state index in [9.17, 15) is 5.11 Å². The summed E-state index contributed by atoms with van der Waals surface area (Å²) in [4.78, 5) is 0. The van der Waals surface area contributed by atoms with Gasteiger partial charge in [0.25, 0.3) is 0 Å². The minimum atomic E-state index is -0.350. The fourth-order valence-corrected chi connectivity index (χ4v) is 2.34. The topological polar surface area (TPSA) is 32.3 Å². The molecule has 0 fully saturated rings. The highest BCUT2D eigenvalue weighted by atomic mass is 16.3. The van der Waals surface area contributed by atoms with Crippen LogP contribution in [0.4, 0.5) is 0 Å². The standard InChI is InChI=1S/C13H19NO/c1-9(2)14-12-8-7-10-5-3-4-6-11(10)13(12)15/h3-6,9,12-15H,7-8H2,1-2H3/t12-,13-/m1/s1. The first-order valence-electron chi connectivity index (χ1n) is 5.70. The molecule has 2 rings (SSSR count). The summed E-state index contributed by atoms with van der Waals surface area (Å²) >= 11 is 0. The molecule has 0 aliphatic heterocycles. The van der Waals surface area contributed by atoms with E-state index in [0.29, 0.717) is 6.04 Å². The molecule has 82 valence electrons. The van der Waals surface area contributed by atoms with Crippen molar-refractivity contribution in [2.45, 2.75) is 44.9 Å². The van der Waals surface area contributed by atoms with Crippen LogP contribution >= 0.6 is 0 Å². The highest BCUT2D eigenvalue weighted by Gasteiger charge is 2.27. The summed E-state index contributed by atoms with van der Waals surface area (Å²) in [5.74, 6) is 0. The Morgan fingerprint density at radius 1 is 1.33 bits per heavy atom. The highest BCUT2D eigenvalue weighted by molar-refractivity contribution is 5.32. The Bertz CT molecular complexity index is 335. The third-order valence-corrected chi connectivity index (χ3v) is 3.03. The summed E-state index contributed by atoms with van der Waals surface area (Å²) in [5.41, 5.74) is 2.40. The first-order valence-corrected chi connectivity index (χ1v) is 5.70. The van der Waals surface area contributed by atoms with Crippen LogP contribution in [0.2, 0.25) is 0 Å². The molecule has 0 unspecified atom stereocenters. The van der Waals surface area contributed by atoms with E-state index in [4.69, 9.17) is 0 Å². The smallest absolute Gasteiger partial charge is 0.0945 e. The SMILES string of the molecule is CC(C)N[C@@H]1CCc2ccccc2[C@H]1O. The third kappa shape index (κ3) is 2.21. The van der Waals surface area contributed by atoms with Gasteiger partial charge in [-0.2, -0.15) is 0 Å². The number of hydrogen-bond acceptors (Lipinski definition) is 2. The van der Waals surface area contributed by atoms with E-state index < -0.39 is 0 Å². The van der Waals surface area contributed by atoms with Crippen LogP contribution in [0.5, 0.6) is 0 Å². The molecule has 0 saturated carbocycles. The summed E-state index contributed by atoms with van der Waals surface area (Å²) in [6, 6.07) is 8.83. The summed E-state index contributed by atoms with van der Waals surface area (Å²) in [7, 11) is 0. The van der Waals surface area contributed by atoms with Gasteiger partial charge >= 0.3 is 0 Å². The predicted octanol–water partition coefficient (Wildman–Crippen LogP) is 2.03. The molecule has 2 heteroatoms. The lowest BCUT2D eigenvalue weighted by Crippen LogP contribution is -2.41. The second kappa shape index (κ2) is 4.33. The van der Waals surface area contributed by atoms with Gasteiger partial charge in [-0.3, -0.25) is 0 Å². The van der Waals surface area contributed by atoms with Gasteiger partial charge in [0.15, 0.2) is 0 Å². The van der Waals surface area contributed by atoms with Crippen LogP contribution in [-0.4, -0.2) is 17.2 Å². The summed E-state index contributed by atoms with van der Waals surface area (Å²) in [6.07, 6.45) is 1.74. The van der Waals surface area contributed by atoms with Crippen LogP contribution in [0.25, 0.3) is 0 Å². The molecule has 2 nitrogen and oxygen atoms in total. The van der Waals surface area contributed by atoms with Crippen molar-refractivity contribution in [3.63, 3.8) is 0 Å². The van der Waals surface area contributed by atoms with Gasteiger partial charge in [0.2, 0.25) is 0 Å². The molecule has 1 aliphatic carbocycles. The zero-order chi connectivity index (χ0) is 10.8. The number of fused-ring (bicyclic) bond motifs is 1. The number of aryl methyl sites for hydroxylation is 1. The Kier molecular flexibility index (Phi) is 3.08. The van der Waals surface area contributed by atoms with Crippen molar-refractivity contribution in [2.75, 3.05) is 0 Å². The van der Waals surface area contributed by atoms with Gasteiger partial charge in [-0.25, -0.2) is 0 Å². The van der Waals surface area contributed by atoms with Crippen molar-refractivity contribution in [1.29, 1.82) is 0 Å². The molecule has 0 amide bonds. The quantitative estimate of drug-likeness (QED) is 0.774. The number of aliphatic hydroxyl groups is 1. The molecule has 0 aromatic heterocycles. The van der Waals surface area contributed by atoms with E-state index >= 15 is 0 Å². The Morgan fingerprint density at radius 3 is 2.80 bits per heavy atom. The van der Waals surface area contributed by atoms with E-state index in [1.165, 1.54) is 5.56 Å². The molecule has 2 atom stereocenters. The number of benzene rings is 1. The zero-order valence-corrected chi connectivity index (χ0v) is 9.40. The maximum atomic E-state index is 10.2. The average molecular weight is 205 g/mol. The highest BCUT2D eigenvalue weighted by Crippen LogP contribution is 2.29. The molecular formula is C13H19NO. The number of nitrogens with one attached hydrogen (secondary N) is 1. The zero-order valence-electron chi connectivity index (χ0n) is 9.40. The Morgan fingerprint density at radius 2 is 2.07 bits per heavy atom. The van der Waals surface area contributed by atoms with Gasteiger partial charge in [-0.15, -0.1) is 0 Å². The van der Waals surface area contributed by atoms with E-state index in [0.717, 1.165) is 18.4 Å². The predicted molar refractivity (Wildman–Crippen MR) is 61.8 cm³/mol. The van der Waals surface area contributed by atoms with Crippen LogP contribution in [0.3, 0.4) is 0 Å². The Balaban J connectivity index is 2.18.